The van der Waals surface area contributed by atoms with Gasteiger partial charge in [0.1, 0.15) is 16.5 Å². The van der Waals surface area contributed by atoms with Gasteiger partial charge in [-0.1, -0.05) is 0 Å². The third-order valence-electron chi connectivity index (χ3n) is 4.71. The Balaban J connectivity index is 1.56. The number of carbonyl (C=O) groups excluding carboxylic acids is 1. The third kappa shape index (κ3) is 4.17. The molecule has 1 amide bonds. The Hall–Kier alpha value is -3.79. The van der Waals surface area contributed by atoms with Crippen LogP contribution in [-0.4, -0.2) is 34.9 Å². The number of ether oxygens (including phenoxy) is 2. The summed E-state index contributed by atoms with van der Waals surface area (Å²) in [6.07, 6.45) is 0. The number of amides is 1. The number of aryl methyl sites for hydroxylation is 1. The predicted molar refractivity (Wildman–Crippen MR) is 117 cm³/mol. The molecule has 164 valence electrons. The molecular weight excluding hydrogens is 438 g/mol. The van der Waals surface area contributed by atoms with Crippen molar-refractivity contribution >= 4 is 23.1 Å². The molecule has 0 atom stereocenters. The highest BCUT2D eigenvalue weighted by Gasteiger charge is 2.16. The second-order valence-corrected chi connectivity index (χ2v) is 7.59. The molecule has 0 radical (unpaired) electrons. The minimum Gasteiger partial charge on any atom is -0.493 e. The van der Waals surface area contributed by atoms with E-state index in [0.29, 0.717) is 28.0 Å². The van der Waals surface area contributed by atoms with Crippen LogP contribution in [0.25, 0.3) is 22.0 Å². The lowest BCUT2D eigenvalue weighted by Gasteiger charge is -2.08. The number of rotatable bonds is 6. The molecule has 4 aromatic rings. The first kappa shape index (κ1) is 21.4. The molecular formula is C22H18F2N4O3S. The molecule has 7 nitrogen and oxygen atoms in total. The van der Waals surface area contributed by atoms with E-state index in [9.17, 15) is 13.6 Å². The smallest absolute Gasteiger partial charge is 0.256 e. The fourth-order valence-corrected chi connectivity index (χ4v) is 3.82. The molecule has 0 saturated carbocycles. The van der Waals surface area contributed by atoms with E-state index in [1.54, 1.807) is 33.4 Å². The molecule has 2 heterocycles. The fraction of sp³-hybridized carbons (Fsp3) is 0.136. The van der Waals surface area contributed by atoms with Crippen LogP contribution in [0.3, 0.4) is 0 Å². The Bertz CT molecular complexity index is 1300. The Morgan fingerprint density at radius 2 is 1.78 bits per heavy atom. The van der Waals surface area contributed by atoms with Crippen molar-refractivity contribution in [2.75, 3.05) is 19.5 Å². The molecule has 1 N–H and O–H groups in total. The Labute approximate surface area is 186 Å². The van der Waals surface area contributed by atoms with Gasteiger partial charge < -0.3 is 14.8 Å². The van der Waals surface area contributed by atoms with Crippen molar-refractivity contribution in [3.63, 3.8) is 0 Å². The van der Waals surface area contributed by atoms with Crippen LogP contribution in [-0.2, 0) is 7.05 Å². The van der Waals surface area contributed by atoms with E-state index in [2.05, 4.69) is 15.4 Å². The van der Waals surface area contributed by atoms with E-state index < -0.39 is 17.5 Å². The summed E-state index contributed by atoms with van der Waals surface area (Å²) >= 11 is 1.40. The van der Waals surface area contributed by atoms with Gasteiger partial charge >= 0.3 is 0 Å². The average molecular weight is 456 g/mol. The summed E-state index contributed by atoms with van der Waals surface area (Å²) in [5.74, 6) is -1.08. The first-order chi connectivity index (χ1) is 15.4. The number of halogens is 2. The summed E-state index contributed by atoms with van der Waals surface area (Å²) in [7, 11) is 4.80. The van der Waals surface area contributed by atoms with Gasteiger partial charge in [0.15, 0.2) is 23.1 Å². The van der Waals surface area contributed by atoms with Crippen LogP contribution in [0.15, 0.2) is 47.8 Å². The largest absolute Gasteiger partial charge is 0.493 e. The van der Waals surface area contributed by atoms with Gasteiger partial charge in [0.2, 0.25) is 0 Å². The maximum atomic E-state index is 13.4. The van der Waals surface area contributed by atoms with Crippen LogP contribution in [0.1, 0.15) is 10.4 Å². The summed E-state index contributed by atoms with van der Waals surface area (Å²) in [5, 5.41) is 9.59. The normalized spacial score (nSPS) is 10.8. The van der Waals surface area contributed by atoms with E-state index >= 15 is 0 Å². The number of aromatic nitrogens is 3. The first-order valence-corrected chi connectivity index (χ1v) is 10.3. The number of thiazole rings is 1. The number of benzene rings is 2. The minimum absolute atomic E-state index is 0.00311. The number of methoxy groups -OCH3 is 2. The highest BCUT2D eigenvalue weighted by atomic mass is 32.1. The quantitative estimate of drug-likeness (QED) is 0.453. The molecule has 32 heavy (non-hydrogen) atoms. The predicted octanol–water partition coefficient (Wildman–Crippen LogP) is 4.76. The molecule has 10 heteroatoms. The summed E-state index contributed by atoms with van der Waals surface area (Å²) in [6.45, 7) is 0. The van der Waals surface area contributed by atoms with Crippen molar-refractivity contribution in [1.29, 1.82) is 0 Å². The van der Waals surface area contributed by atoms with Crippen molar-refractivity contribution in [3.05, 3.63) is 65.0 Å². The zero-order valence-electron chi connectivity index (χ0n) is 17.3. The van der Waals surface area contributed by atoms with Crippen molar-refractivity contribution in [2.24, 2.45) is 7.05 Å². The van der Waals surface area contributed by atoms with E-state index in [0.717, 1.165) is 23.4 Å². The van der Waals surface area contributed by atoms with Crippen LogP contribution in [0, 0.1) is 11.6 Å². The minimum atomic E-state index is -1.09. The van der Waals surface area contributed by atoms with Crippen molar-refractivity contribution < 1.29 is 23.0 Å². The van der Waals surface area contributed by atoms with Crippen molar-refractivity contribution in [1.82, 2.24) is 14.8 Å². The Morgan fingerprint density at radius 1 is 1.00 bits per heavy atom. The molecule has 2 aromatic carbocycles. The average Bonchev–Trinajstić information content (AvgIpc) is 3.42. The molecule has 0 bridgehead atoms. The maximum Gasteiger partial charge on any atom is 0.256 e. The molecule has 0 saturated heterocycles. The highest BCUT2D eigenvalue weighted by Crippen LogP contribution is 2.34. The van der Waals surface area contributed by atoms with Crippen LogP contribution >= 0.6 is 11.3 Å². The van der Waals surface area contributed by atoms with Gasteiger partial charge in [0.05, 0.1) is 19.9 Å². The topological polar surface area (TPSA) is 78.3 Å². The number of nitrogens with one attached hydrogen (secondary N) is 1. The number of carbonyl (C=O) groups is 1. The van der Waals surface area contributed by atoms with E-state index in [4.69, 9.17) is 9.47 Å². The second-order valence-electron chi connectivity index (χ2n) is 6.73. The monoisotopic (exact) mass is 456 g/mol. The van der Waals surface area contributed by atoms with Crippen LogP contribution in [0.5, 0.6) is 11.5 Å². The summed E-state index contributed by atoms with van der Waals surface area (Å²) in [5.41, 5.74) is 2.15. The summed E-state index contributed by atoms with van der Waals surface area (Å²) in [6, 6.07) is 10.1. The summed E-state index contributed by atoms with van der Waals surface area (Å²) < 4.78 is 38.6. The molecule has 0 unspecified atom stereocenters. The lowest BCUT2D eigenvalue weighted by atomic mass is 10.1. The van der Waals surface area contributed by atoms with Gasteiger partial charge in [0.25, 0.3) is 5.91 Å². The molecule has 2 aromatic heterocycles. The number of hydrogen-bond acceptors (Lipinski definition) is 6. The van der Waals surface area contributed by atoms with Gasteiger partial charge in [-0.2, -0.15) is 5.10 Å². The Kier molecular flexibility index (Phi) is 5.87. The third-order valence-corrected chi connectivity index (χ3v) is 5.57. The van der Waals surface area contributed by atoms with Gasteiger partial charge in [0, 0.05) is 29.6 Å². The molecule has 0 spiro atoms. The van der Waals surface area contributed by atoms with Gasteiger partial charge in [-0.05, 0) is 36.4 Å². The SMILES string of the molecule is COc1ccc(-c2csc(-c3cc(NC(=O)c4ccc(F)c(F)c4)n(C)n3)n2)cc1OC. The van der Waals surface area contributed by atoms with Gasteiger partial charge in [-0.15, -0.1) is 11.3 Å². The highest BCUT2D eigenvalue weighted by molar-refractivity contribution is 7.13. The zero-order chi connectivity index (χ0) is 22.8. The molecule has 4 rings (SSSR count). The lowest BCUT2D eigenvalue weighted by molar-refractivity contribution is 0.102. The maximum absolute atomic E-state index is 13.4. The standard InChI is InChI=1S/C22H18F2N4O3S/c1-28-20(26-21(29)13-4-6-14(23)15(24)8-13)10-16(27-28)22-25-17(11-32-22)12-5-7-18(30-2)19(9-12)31-3/h4-11H,1-3H3,(H,26,29). The molecule has 0 aliphatic heterocycles. The van der Waals surface area contributed by atoms with Crippen LogP contribution in [0.4, 0.5) is 14.6 Å². The Morgan fingerprint density at radius 3 is 2.50 bits per heavy atom. The zero-order valence-corrected chi connectivity index (χ0v) is 18.2. The number of anilines is 1. The lowest BCUT2D eigenvalue weighted by Crippen LogP contribution is -2.14. The summed E-state index contributed by atoms with van der Waals surface area (Å²) in [4.78, 5) is 17.0. The van der Waals surface area contributed by atoms with Crippen molar-refractivity contribution in [3.8, 4) is 33.5 Å². The number of hydrogen-bond donors (Lipinski definition) is 1. The molecule has 0 aliphatic carbocycles. The fourth-order valence-electron chi connectivity index (χ4n) is 3.03. The van der Waals surface area contributed by atoms with Crippen molar-refractivity contribution in [2.45, 2.75) is 0 Å². The van der Waals surface area contributed by atoms with Gasteiger partial charge in [-0.25, -0.2) is 13.8 Å². The van der Waals surface area contributed by atoms with E-state index in [1.165, 1.54) is 22.1 Å². The van der Waals surface area contributed by atoms with Gasteiger partial charge in [-0.3, -0.25) is 9.48 Å². The number of nitrogens with zero attached hydrogens (tertiary/aromatic N) is 3. The van der Waals surface area contributed by atoms with Crippen LogP contribution < -0.4 is 14.8 Å². The van der Waals surface area contributed by atoms with E-state index in [1.807, 2.05) is 17.5 Å². The van der Waals surface area contributed by atoms with Crippen LogP contribution in [0.2, 0.25) is 0 Å². The first-order valence-electron chi connectivity index (χ1n) is 9.38. The van der Waals surface area contributed by atoms with E-state index in [-0.39, 0.29) is 5.56 Å². The molecule has 0 fully saturated rings. The second kappa shape index (κ2) is 8.75. The molecule has 0 aliphatic rings.